The van der Waals surface area contributed by atoms with Crippen molar-refractivity contribution in [1.82, 2.24) is 4.98 Å². The summed E-state index contributed by atoms with van der Waals surface area (Å²) in [6.45, 7) is 6.16. The number of nitrogens with zero attached hydrogens (tertiary/aromatic N) is 1. The number of ether oxygens (including phenoxy) is 1. The van der Waals surface area contributed by atoms with Crippen LogP contribution in [-0.2, 0) is 0 Å². The summed E-state index contributed by atoms with van der Waals surface area (Å²) in [5.41, 5.74) is 5.46. The van der Waals surface area contributed by atoms with E-state index in [9.17, 15) is 8.78 Å². The smallest absolute Gasteiger partial charge is 0.267 e. The van der Waals surface area contributed by atoms with Crippen LogP contribution in [0.3, 0.4) is 0 Å². The molecule has 1 aromatic heterocycles. The number of halogens is 3. The molecule has 0 aliphatic carbocycles. The normalized spacial score (nSPS) is 13.7. The summed E-state index contributed by atoms with van der Waals surface area (Å²) in [5, 5.41) is 0. The molecule has 0 aliphatic rings. The van der Waals surface area contributed by atoms with E-state index in [1.54, 1.807) is 0 Å². The first-order chi connectivity index (χ1) is 8.69. The van der Waals surface area contributed by atoms with Gasteiger partial charge in [-0.3, -0.25) is 0 Å². The molecular formula is C13H19BrF2N2O. The SMILES string of the molecule is C[C@@H](COc1cnc(Br)cc1C(F)F)CC(C)(C)N. The molecule has 1 atom stereocenters. The van der Waals surface area contributed by atoms with Crippen LogP contribution in [-0.4, -0.2) is 17.1 Å². The molecule has 1 aromatic rings. The molecule has 0 unspecified atom stereocenters. The molecule has 2 N–H and O–H groups in total. The first-order valence-corrected chi connectivity index (χ1v) is 6.83. The quantitative estimate of drug-likeness (QED) is 0.801. The van der Waals surface area contributed by atoms with E-state index in [0.717, 1.165) is 6.42 Å². The Bertz CT molecular complexity index is 422. The van der Waals surface area contributed by atoms with E-state index in [0.29, 0.717) is 11.2 Å². The summed E-state index contributed by atoms with van der Waals surface area (Å²) in [7, 11) is 0. The summed E-state index contributed by atoms with van der Waals surface area (Å²) in [6.07, 6.45) is -0.525. The fourth-order valence-corrected chi connectivity index (χ4v) is 2.26. The van der Waals surface area contributed by atoms with Crippen molar-refractivity contribution < 1.29 is 13.5 Å². The predicted octanol–water partition coefficient (Wildman–Crippen LogP) is 3.92. The molecule has 19 heavy (non-hydrogen) atoms. The number of alkyl halides is 2. The van der Waals surface area contributed by atoms with Crippen molar-refractivity contribution in [2.45, 2.75) is 39.2 Å². The van der Waals surface area contributed by atoms with Crippen molar-refractivity contribution in [2.75, 3.05) is 6.61 Å². The summed E-state index contributed by atoms with van der Waals surface area (Å²) in [6, 6.07) is 1.28. The van der Waals surface area contributed by atoms with Gasteiger partial charge in [0.2, 0.25) is 0 Å². The molecule has 0 saturated carbocycles. The Balaban J connectivity index is 2.67. The molecule has 0 fully saturated rings. The fraction of sp³-hybridized carbons (Fsp3) is 0.615. The third kappa shape index (κ3) is 5.82. The molecular weight excluding hydrogens is 318 g/mol. The largest absolute Gasteiger partial charge is 0.491 e. The Kier molecular flexibility index (Phi) is 5.67. The summed E-state index contributed by atoms with van der Waals surface area (Å²) < 4.78 is 31.5. The van der Waals surface area contributed by atoms with Gasteiger partial charge in [0.15, 0.2) is 0 Å². The molecule has 0 amide bonds. The fourth-order valence-electron chi connectivity index (χ4n) is 1.91. The van der Waals surface area contributed by atoms with Crippen LogP contribution >= 0.6 is 15.9 Å². The van der Waals surface area contributed by atoms with Gasteiger partial charge in [0.05, 0.1) is 18.4 Å². The van der Waals surface area contributed by atoms with Crippen LogP contribution in [0.1, 0.15) is 39.2 Å². The van der Waals surface area contributed by atoms with Crippen molar-refractivity contribution in [1.29, 1.82) is 0 Å². The van der Waals surface area contributed by atoms with Crippen molar-refractivity contribution in [3.63, 3.8) is 0 Å². The minimum atomic E-state index is -2.59. The molecule has 108 valence electrons. The highest BCUT2D eigenvalue weighted by Gasteiger charge is 2.19. The molecule has 1 rings (SSSR count). The Morgan fingerprint density at radius 2 is 2.11 bits per heavy atom. The van der Waals surface area contributed by atoms with Gasteiger partial charge in [0.25, 0.3) is 6.43 Å². The lowest BCUT2D eigenvalue weighted by atomic mass is 9.93. The summed E-state index contributed by atoms with van der Waals surface area (Å²) in [5.74, 6) is 0.300. The molecule has 6 heteroatoms. The topological polar surface area (TPSA) is 48.1 Å². The Hall–Kier alpha value is -0.750. The average Bonchev–Trinajstić information content (AvgIpc) is 2.24. The molecule has 0 spiro atoms. The van der Waals surface area contributed by atoms with Crippen LogP contribution in [0, 0.1) is 5.92 Å². The predicted molar refractivity (Wildman–Crippen MR) is 74.4 cm³/mol. The van der Waals surface area contributed by atoms with Gasteiger partial charge >= 0.3 is 0 Å². The first kappa shape index (κ1) is 16.3. The number of hydrogen-bond acceptors (Lipinski definition) is 3. The van der Waals surface area contributed by atoms with Crippen molar-refractivity contribution in [3.05, 3.63) is 22.4 Å². The van der Waals surface area contributed by atoms with Crippen molar-refractivity contribution >= 4 is 15.9 Å². The standard InChI is InChI=1S/C13H19BrF2N2O/c1-8(5-13(2,3)17)7-19-10-6-18-11(14)4-9(10)12(15)16/h4,6,8,12H,5,7,17H2,1-3H3/t8-/m1/s1. The number of rotatable bonds is 6. The molecule has 0 aromatic carbocycles. The minimum Gasteiger partial charge on any atom is -0.491 e. The third-order valence-corrected chi connectivity index (χ3v) is 2.93. The highest BCUT2D eigenvalue weighted by atomic mass is 79.9. The van der Waals surface area contributed by atoms with E-state index < -0.39 is 6.43 Å². The molecule has 0 aliphatic heterocycles. The molecule has 3 nitrogen and oxygen atoms in total. The Labute approximate surface area is 120 Å². The van der Waals surface area contributed by atoms with Gasteiger partial charge in [-0.15, -0.1) is 0 Å². The number of hydrogen-bond donors (Lipinski definition) is 1. The van der Waals surface area contributed by atoms with Crippen LogP contribution in [0.15, 0.2) is 16.9 Å². The van der Waals surface area contributed by atoms with E-state index in [4.69, 9.17) is 10.5 Å². The zero-order valence-corrected chi connectivity index (χ0v) is 12.9. The van der Waals surface area contributed by atoms with Crippen LogP contribution in [0.2, 0.25) is 0 Å². The van der Waals surface area contributed by atoms with Crippen molar-refractivity contribution in [3.8, 4) is 5.75 Å². The van der Waals surface area contributed by atoms with E-state index in [1.807, 2.05) is 20.8 Å². The average molecular weight is 337 g/mol. The second kappa shape index (κ2) is 6.61. The van der Waals surface area contributed by atoms with Gasteiger partial charge in [-0.25, -0.2) is 13.8 Å². The van der Waals surface area contributed by atoms with Gasteiger partial charge in [-0.05, 0) is 48.2 Å². The lowest BCUT2D eigenvalue weighted by molar-refractivity contribution is 0.141. The van der Waals surface area contributed by atoms with E-state index in [-0.39, 0.29) is 22.8 Å². The summed E-state index contributed by atoms with van der Waals surface area (Å²) in [4.78, 5) is 3.91. The van der Waals surface area contributed by atoms with E-state index in [1.165, 1.54) is 12.3 Å². The van der Waals surface area contributed by atoms with Crippen LogP contribution in [0.4, 0.5) is 8.78 Å². The maximum atomic E-state index is 12.9. The highest BCUT2D eigenvalue weighted by molar-refractivity contribution is 9.10. The highest BCUT2D eigenvalue weighted by Crippen LogP contribution is 2.30. The third-order valence-electron chi connectivity index (χ3n) is 2.50. The van der Waals surface area contributed by atoms with Gasteiger partial charge in [-0.1, -0.05) is 6.92 Å². The zero-order chi connectivity index (χ0) is 14.6. The van der Waals surface area contributed by atoms with E-state index in [2.05, 4.69) is 20.9 Å². The first-order valence-electron chi connectivity index (χ1n) is 6.04. The van der Waals surface area contributed by atoms with Gasteiger partial charge in [0.1, 0.15) is 10.4 Å². The molecule has 0 radical (unpaired) electrons. The van der Waals surface area contributed by atoms with Gasteiger partial charge in [0, 0.05) is 5.54 Å². The summed E-state index contributed by atoms with van der Waals surface area (Å²) >= 11 is 3.07. The van der Waals surface area contributed by atoms with E-state index >= 15 is 0 Å². The maximum Gasteiger partial charge on any atom is 0.267 e. The van der Waals surface area contributed by atoms with Crippen LogP contribution < -0.4 is 10.5 Å². The van der Waals surface area contributed by atoms with Gasteiger partial charge < -0.3 is 10.5 Å². The Morgan fingerprint density at radius 1 is 1.47 bits per heavy atom. The van der Waals surface area contributed by atoms with Crippen LogP contribution in [0.5, 0.6) is 5.75 Å². The minimum absolute atomic E-state index is 0.125. The lowest BCUT2D eigenvalue weighted by Gasteiger charge is -2.23. The van der Waals surface area contributed by atoms with Crippen molar-refractivity contribution in [2.24, 2.45) is 11.7 Å². The zero-order valence-electron chi connectivity index (χ0n) is 11.3. The monoisotopic (exact) mass is 336 g/mol. The van der Waals surface area contributed by atoms with Gasteiger partial charge in [-0.2, -0.15) is 0 Å². The molecule has 0 bridgehead atoms. The number of aromatic nitrogens is 1. The van der Waals surface area contributed by atoms with Crippen LogP contribution in [0.25, 0.3) is 0 Å². The lowest BCUT2D eigenvalue weighted by Crippen LogP contribution is -2.35. The Morgan fingerprint density at radius 3 is 2.63 bits per heavy atom. The number of pyridine rings is 1. The maximum absolute atomic E-state index is 12.9. The second-order valence-corrected chi connectivity index (χ2v) is 6.27. The molecule has 1 heterocycles. The molecule has 0 saturated heterocycles. The second-order valence-electron chi connectivity index (χ2n) is 5.45. The number of nitrogens with two attached hydrogens (primary N) is 1.